The summed E-state index contributed by atoms with van der Waals surface area (Å²) in [6.45, 7) is 0.0849. The number of aromatic amines is 1. The molecule has 0 radical (unpaired) electrons. The normalized spacial score (nSPS) is 11.9. The van der Waals surface area contributed by atoms with Gasteiger partial charge in [0.15, 0.2) is 0 Å². The number of hydrogen-bond acceptors (Lipinski definition) is 3. The molecule has 0 amide bonds. The Kier molecular flexibility index (Phi) is 4.00. The number of aryl methyl sites for hydroxylation is 1. The summed E-state index contributed by atoms with van der Waals surface area (Å²) in [6.07, 6.45) is 2.80. The maximum Gasteiger partial charge on any atom is 0.208 e. The highest BCUT2D eigenvalue weighted by atomic mass is 32.2. The average Bonchev–Trinajstić information content (AvgIpc) is 2.99. The summed E-state index contributed by atoms with van der Waals surface area (Å²) < 4.78 is 25.7. The molecule has 4 nitrogen and oxygen atoms in total. The van der Waals surface area contributed by atoms with Crippen molar-refractivity contribution >= 4 is 20.7 Å². The van der Waals surface area contributed by atoms with Crippen molar-refractivity contribution in [3.8, 4) is 0 Å². The van der Waals surface area contributed by atoms with Crippen molar-refractivity contribution in [3.05, 3.63) is 60.3 Å². The van der Waals surface area contributed by atoms with E-state index in [1.54, 1.807) is 36.5 Å². The van der Waals surface area contributed by atoms with Gasteiger partial charge >= 0.3 is 0 Å². The SMILES string of the molecule is O=S(=O)(c1ccccc1)c1c[nH]c2cccc(CCCO)c12. The van der Waals surface area contributed by atoms with E-state index in [2.05, 4.69) is 4.98 Å². The van der Waals surface area contributed by atoms with E-state index in [0.29, 0.717) is 17.7 Å². The Morgan fingerprint density at radius 3 is 2.50 bits per heavy atom. The zero-order valence-corrected chi connectivity index (χ0v) is 12.8. The molecule has 0 aliphatic rings. The zero-order valence-electron chi connectivity index (χ0n) is 12.0. The fourth-order valence-corrected chi connectivity index (χ4v) is 4.14. The number of rotatable bonds is 5. The van der Waals surface area contributed by atoms with E-state index in [0.717, 1.165) is 16.5 Å². The van der Waals surface area contributed by atoms with Crippen LogP contribution in [-0.4, -0.2) is 25.1 Å². The van der Waals surface area contributed by atoms with Gasteiger partial charge in [-0.15, -0.1) is 0 Å². The molecule has 0 bridgehead atoms. The molecule has 0 aliphatic heterocycles. The number of aliphatic hydroxyl groups is 1. The van der Waals surface area contributed by atoms with Crippen molar-refractivity contribution in [2.45, 2.75) is 22.6 Å². The van der Waals surface area contributed by atoms with Crippen LogP contribution in [0.2, 0.25) is 0 Å². The first-order chi connectivity index (χ1) is 10.6. The van der Waals surface area contributed by atoms with E-state index in [-0.39, 0.29) is 11.5 Å². The number of aromatic nitrogens is 1. The van der Waals surface area contributed by atoms with E-state index in [4.69, 9.17) is 5.11 Å². The van der Waals surface area contributed by atoms with E-state index >= 15 is 0 Å². The van der Waals surface area contributed by atoms with Gasteiger partial charge < -0.3 is 10.1 Å². The predicted molar refractivity (Wildman–Crippen MR) is 85.6 cm³/mol. The van der Waals surface area contributed by atoms with Crippen LogP contribution in [0.3, 0.4) is 0 Å². The van der Waals surface area contributed by atoms with Crippen LogP contribution in [0, 0.1) is 0 Å². The smallest absolute Gasteiger partial charge is 0.208 e. The van der Waals surface area contributed by atoms with Gasteiger partial charge in [-0.1, -0.05) is 30.3 Å². The molecule has 0 saturated carbocycles. The average molecular weight is 315 g/mol. The summed E-state index contributed by atoms with van der Waals surface area (Å²) in [5, 5.41) is 9.75. The summed E-state index contributed by atoms with van der Waals surface area (Å²) in [5.74, 6) is 0. The van der Waals surface area contributed by atoms with Gasteiger partial charge in [-0.2, -0.15) is 0 Å². The molecule has 2 N–H and O–H groups in total. The summed E-state index contributed by atoms with van der Waals surface area (Å²) in [4.78, 5) is 3.62. The molecule has 5 heteroatoms. The highest BCUT2D eigenvalue weighted by Gasteiger charge is 2.22. The summed E-state index contributed by atoms with van der Waals surface area (Å²) >= 11 is 0. The van der Waals surface area contributed by atoms with Crippen LogP contribution < -0.4 is 0 Å². The first-order valence-corrected chi connectivity index (χ1v) is 8.63. The van der Waals surface area contributed by atoms with Crippen molar-refractivity contribution in [3.63, 3.8) is 0 Å². The maximum absolute atomic E-state index is 12.9. The Hall–Kier alpha value is -2.11. The first-order valence-electron chi connectivity index (χ1n) is 7.14. The third-order valence-corrected chi connectivity index (χ3v) is 5.50. The topological polar surface area (TPSA) is 70.2 Å². The second-order valence-corrected chi connectivity index (χ2v) is 7.05. The molecule has 0 unspecified atom stereocenters. The van der Waals surface area contributed by atoms with E-state index < -0.39 is 9.84 Å². The summed E-state index contributed by atoms with van der Waals surface area (Å²) in [6, 6.07) is 14.1. The lowest BCUT2D eigenvalue weighted by Crippen LogP contribution is -2.02. The Bertz CT molecular complexity index is 883. The summed E-state index contributed by atoms with van der Waals surface area (Å²) in [5.41, 5.74) is 1.73. The molecule has 0 fully saturated rings. The molecule has 22 heavy (non-hydrogen) atoms. The zero-order chi connectivity index (χ0) is 15.6. The lowest BCUT2D eigenvalue weighted by molar-refractivity contribution is 0.289. The Balaban J connectivity index is 2.19. The van der Waals surface area contributed by atoms with Crippen molar-refractivity contribution in [2.75, 3.05) is 6.61 Å². The fraction of sp³-hybridized carbons (Fsp3) is 0.176. The number of fused-ring (bicyclic) bond motifs is 1. The van der Waals surface area contributed by atoms with Gasteiger partial charge in [0.1, 0.15) is 0 Å². The van der Waals surface area contributed by atoms with Gasteiger partial charge in [-0.25, -0.2) is 8.42 Å². The number of benzene rings is 2. The number of hydrogen-bond donors (Lipinski definition) is 2. The maximum atomic E-state index is 12.9. The van der Waals surface area contributed by atoms with Crippen LogP contribution >= 0.6 is 0 Å². The molecule has 0 saturated heterocycles. The Morgan fingerprint density at radius 1 is 1.00 bits per heavy atom. The molecule has 1 heterocycles. The van der Waals surface area contributed by atoms with Crippen LogP contribution in [0.4, 0.5) is 0 Å². The molecule has 0 atom stereocenters. The second-order valence-electron chi connectivity index (χ2n) is 5.14. The minimum atomic E-state index is -3.56. The Morgan fingerprint density at radius 2 is 1.77 bits per heavy atom. The lowest BCUT2D eigenvalue weighted by Gasteiger charge is -2.07. The molecule has 0 aliphatic carbocycles. The van der Waals surface area contributed by atoms with E-state index in [9.17, 15) is 8.42 Å². The molecule has 3 aromatic rings. The first kappa shape index (κ1) is 14.8. The quantitative estimate of drug-likeness (QED) is 0.760. The van der Waals surface area contributed by atoms with Crippen LogP contribution in [0.25, 0.3) is 10.9 Å². The fourth-order valence-electron chi connectivity index (χ4n) is 2.64. The molecule has 3 rings (SSSR count). The second kappa shape index (κ2) is 5.94. The molecular weight excluding hydrogens is 298 g/mol. The van der Waals surface area contributed by atoms with Crippen LogP contribution in [0.1, 0.15) is 12.0 Å². The van der Waals surface area contributed by atoms with Gasteiger partial charge in [0.2, 0.25) is 9.84 Å². The number of sulfone groups is 1. The van der Waals surface area contributed by atoms with Crippen molar-refractivity contribution < 1.29 is 13.5 Å². The third-order valence-electron chi connectivity index (χ3n) is 3.70. The molecule has 1 aromatic heterocycles. The highest BCUT2D eigenvalue weighted by Crippen LogP contribution is 2.31. The van der Waals surface area contributed by atoms with E-state index in [1.165, 1.54) is 0 Å². The lowest BCUT2D eigenvalue weighted by atomic mass is 10.1. The molecule has 2 aromatic carbocycles. The van der Waals surface area contributed by atoms with Gasteiger partial charge in [0, 0.05) is 23.7 Å². The largest absolute Gasteiger partial charge is 0.396 e. The molecule has 0 spiro atoms. The minimum absolute atomic E-state index is 0.0849. The Labute approximate surface area is 129 Å². The summed E-state index contributed by atoms with van der Waals surface area (Å²) in [7, 11) is -3.56. The van der Waals surface area contributed by atoms with Crippen LogP contribution in [0.5, 0.6) is 0 Å². The van der Waals surface area contributed by atoms with Crippen LogP contribution in [0.15, 0.2) is 64.5 Å². The number of H-pyrrole nitrogens is 1. The minimum Gasteiger partial charge on any atom is -0.396 e. The predicted octanol–water partition coefficient (Wildman–Crippen LogP) is 2.93. The highest BCUT2D eigenvalue weighted by molar-refractivity contribution is 7.91. The number of aliphatic hydroxyl groups excluding tert-OH is 1. The number of nitrogens with one attached hydrogen (secondary N) is 1. The van der Waals surface area contributed by atoms with Crippen molar-refractivity contribution in [2.24, 2.45) is 0 Å². The monoisotopic (exact) mass is 315 g/mol. The van der Waals surface area contributed by atoms with Gasteiger partial charge in [-0.3, -0.25) is 0 Å². The van der Waals surface area contributed by atoms with Gasteiger partial charge in [0.05, 0.1) is 9.79 Å². The van der Waals surface area contributed by atoms with E-state index in [1.807, 2.05) is 18.2 Å². The third kappa shape index (κ3) is 2.53. The van der Waals surface area contributed by atoms with Gasteiger partial charge in [0.25, 0.3) is 0 Å². The van der Waals surface area contributed by atoms with Crippen molar-refractivity contribution in [1.29, 1.82) is 0 Å². The molecule has 114 valence electrons. The van der Waals surface area contributed by atoms with Gasteiger partial charge in [-0.05, 0) is 36.6 Å². The van der Waals surface area contributed by atoms with Crippen molar-refractivity contribution in [1.82, 2.24) is 4.98 Å². The van der Waals surface area contributed by atoms with Crippen LogP contribution in [-0.2, 0) is 16.3 Å². The molecular formula is C17H17NO3S. The standard InChI is InChI=1S/C17H17NO3S/c19-11-5-7-13-6-4-10-15-17(13)16(12-18-15)22(20,21)14-8-2-1-3-9-14/h1-4,6,8-10,12,18-19H,5,7,11H2.